The normalized spacial score (nSPS) is 14.5. The second-order valence-corrected chi connectivity index (χ2v) is 5.15. The quantitative estimate of drug-likeness (QED) is 0.706. The second kappa shape index (κ2) is 5.61. The minimum Gasteiger partial charge on any atom is -0.399 e. The molecule has 0 saturated heterocycles. The number of rotatable bonds is 5. The number of aliphatic hydroxyl groups is 1. The van der Waals surface area contributed by atoms with E-state index in [1.807, 2.05) is 6.26 Å². The van der Waals surface area contributed by atoms with E-state index in [1.54, 1.807) is 30.8 Å². The van der Waals surface area contributed by atoms with E-state index in [-0.39, 0.29) is 0 Å². The number of nitrogen functional groups attached to an aromatic ring is 1. The largest absolute Gasteiger partial charge is 0.399 e. The molecule has 6 heteroatoms. The number of halogens is 1. The summed E-state index contributed by atoms with van der Waals surface area (Å²) in [5.41, 5.74) is 5.39. The van der Waals surface area contributed by atoms with Crippen LogP contribution in [0.25, 0.3) is 0 Å². The number of anilines is 2. The third-order valence-electron chi connectivity index (χ3n) is 1.92. The van der Waals surface area contributed by atoms with Crippen LogP contribution in [0.2, 0.25) is 5.15 Å². The molecule has 0 spiro atoms. The lowest BCUT2D eigenvalue weighted by Gasteiger charge is -2.22. The SMILES string of the molecule is CSCC(C)(O)CNc1cc(N)cc(Cl)n1. The van der Waals surface area contributed by atoms with E-state index < -0.39 is 5.60 Å². The van der Waals surface area contributed by atoms with Gasteiger partial charge in [0.15, 0.2) is 0 Å². The van der Waals surface area contributed by atoms with Crippen LogP contribution in [0.3, 0.4) is 0 Å². The van der Waals surface area contributed by atoms with Crippen molar-refractivity contribution in [2.24, 2.45) is 0 Å². The average Bonchev–Trinajstić information content (AvgIpc) is 2.13. The first-order chi connectivity index (χ1) is 7.43. The fourth-order valence-electron chi connectivity index (χ4n) is 1.25. The lowest BCUT2D eigenvalue weighted by molar-refractivity contribution is 0.0996. The maximum atomic E-state index is 9.94. The monoisotopic (exact) mass is 261 g/mol. The van der Waals surface area contributed by atoms with Crippen molar-refractivity contribution >= 4 is 34.9 Å². The molecule has 0 aliphatic carbocycles. The van der Waals surface area contributed by atoms with Gasteiger partial charge in [0.25, 0.3) is 0 Å². The molecule has 0 saturated carbocycles. The van der Waals surface area contributed by atoms with Crippen molar-refractivity contribution in [2.75, 3.05) is 29.6 Å². The molecular weight excluding hydrogens is 246 g/mol. The lowest BCUT2D eigenvalue weighted by atomic mass is 10.1. The van der Waals surface area contributed by atoms with Crippen molar-refractivity contribution < 1.29 is 5.11 Å². The van der Waals surface area contributed by atoms with Crippen molar-refractivity contribution in [2.45, 2.75) is 12.5 Å². The van der Waals surface area contributed by atoms with Crippen molar-refractivity contribution in [1.82, 2.24) is 4.98 Å². The van der Waals surface area contributed by atoms with Crippen LogP contribution >= 0.6 is 23.4 Å². The number of hydrogen-bond donors (Lipinski definition) is 3. The fraction of sp³-hybridized carbons (Fsp3) is 0.500. The van der Waals surface area contributed by atoms with E-state index in [0.29, 0.717) is 29.0 Å². The molecule has 90 valence electrons. The third kappa shape index (κ3) is 4.47. The molecule has 1 heterocycles. The van der Waals surface area contributed by atoms with Crippen LogP contribution in [-0.2, 0) is 0 Å². The minimum absolute atomic E-state index is 0.340. The van der Waals surface area contributed by atoms with Crippen LogP contribution < -0.4 is 11.1 Å². The zero-order chi connectivity index (χ0) is 12.2. The van der Waals surface area contributed by atoms with Crippen LogP contribution in [0, 0.1) is 0 Å². The number of nitrogens with two attached hydrogens (primary N) is 1. The van der Waals surface area contributed by atoms with Gasteiger partial charge < -0.3 is 16.2 Å². The fourth-order valence-corrected chi connectivity index (χ4v) is 2.19. The van der Waals surface area contributed by atoms with Crippen molar-refractivity contribution in [3.8, 4) is 0 Å². The Morgan fingerprint density at radius 2 is 2.31 bits per heavy atom. The van der Waals surface area contributed by atoms with E-state index in [4.69, 9.17) is 17.3 Å². The van der Waals surface area contributed by atoms with Gasteiger partial charge in [-0.1, -0.05) is 11.6 Å². The van der Waals surface area contributed by atoms with Crippen molar-refractivity contribution in [1.29, 1.82) is 0 Å². The Morgan fingerprint density at radius 3 is 2.88 bits per heavy atom. The highest BCUT2D eigenvalue weighted by atomic mass is 35.5. The Morgan fingerprint density at radius 1 is 1.62 bits per heavy atom. The van der Waals surface area contributed by atoms with Crippen LogP contribution in [0.15, 0.2) is 12.1 Å². The molecule has 1 aromatic heterocycles. The van der Waals surface area contributed by atoms with Gasteiger partial charge in [-0.2, -0.15) is 11.8 Å². The molecular formula is C10H16ClN3OS. The third-order valence-corrected chi connectivity index (χ3v) is 3.03. The molecule has 1 rings (SSSR count). The first-order valence-electron chi connectivity index (χ1n) is 4.81. The van der Waals surface area contributed by atoms with Crippen LogP contribution in [0.4, 0.5) is 11.5 Å². The summed E-state index contributed by atoms with van der Waals surface area (Å²) in [6.45, 7) is 2.17. The summed E-state index contributed by atoms with van der Waals surface area (Å²) < 4.78 is 0. The van der Waals surface area contributed by atoms with Gasteiger partial charge in [0.2, 0.25) is 0 Å². The number of nitrogens with one attached hydrogen (secondary N) is 1. The van der Waals surface area contributed by atoms with Gasteiger partial charge in [0, 0.05) is 24.1 Å². The number of aromatic nitrogens is 1. The number of thioether (sulfide) groups is 1. The van der Waals surface area contributed by atoms with E-state index in [9.17, 15) is 5.11 Å². The first-order valence-corrected chi connectivity index (χ1v) is 6.58. The van der Waals surface area contributed by atoms with Gasteiger partial charge in [0.1, 0.15) is 11.0 Å². The Hall–Kier alpha value is -0.650. The van der Waals surface area contributed by atoms with Gasteiger partial charge in [-0.05, 0) is 19.2 Å². The van der Waals surface area contributed by atoms with Gasteiger partial charge >= 0.3 is 0 Å². The van der Waals surface area contributed by atoms with E-state index >= 15 is 0 Å². The summed E-state index contributed by atoms with van der Waals surface area (Å²) in [6, 6.07) is 3.26. The number of hydrogen-bond acceptors (Lipinski definition) is 5. The molecule has 0 radical (unpaired) electrons. The highest BCUT2D eigenvalue weighted by Crippen LogP contribution is 2.17. The van der Waals surface area contributed by atoms with E-state index in [1.165, 1.54) is 0 Å². The summed E-state index contributed by atoms with van der Waals surface area (Å²) in [6.07, 6.45) is 1.95. The molecule has 4 nitrogen and oxygen atoms in total. The van der Waals surface area contributed by atoms with Gasteiger partial charge in [-0.3, -0.25) is 0 Å². The molecule has 0 fully saturated rings. The topological polar surface area (TPSA) is 71.2 Å². The maximum Gasteiger partial charge on any atom is 0.133 e. The Balaban J connectivity index is 2.60. The Labute approximate surface area is 105 Å². The summed E-state index contributed by atoms with van der Waals surface area (Å²) in [5.74, 6) is 1.22. The van der Waals surface area contributed by atoms with Crippen LogP contribution in [0.5, 0.6) is 0 Å². The first kappa shape index (κ1) is 13.4. The molecule has 1 atom stereocenters. The maximum absolute atomic E-state index is 9.94. The summed E-state index contributed by atoms with van der Waals surface area (Å²) in [7, 11) is 0. The van der Waals surface area contributed by atoms with Crippen LogP contribution in [0.1, 0.15) is 6.92 Å². The molecule has 16 heavy (non-hydrogen) atoms. The van der Waals surface area contributed by atoms with Crippen molar-refractivity contribution in [3.05, 3.63) is 17.3 Å². The highest BCUT2D eigenvalue weighted by molar-refractivity contribution is 7.98. The van der Waals surface area contributed by atoms with Gasteiger partial charge in [-0.25, -0.2) is 4.98 Å². The minimum atomic E-state index is -0.780. The number of nitrogens with zero attached hydrogens (tertiary/aromatic N) is 1. The molecule has 0 aromatic carbocycles. The van der Waals surface area contributed by atoms with E-state index in [2.05, 4.69) is 10.3 Å². The van der Waals surface area contributed by atoms with Gasteiger partial charge in [-0.15, -0.1) is 0 Å². The standard InChI is InChI=1S/C10H16ClN3OS/c1-10(15,6-16-2)5-13-9-4-7(12)3-8(11)14-9/h3-4,15H,5-6H2,1-2H3,(H3,12,13,14). The molecule has 1 unspecified atom stereocenters. The zero-order valence-corrected chi connectivity index (χ0v) is 10.9. The number of pyridine rings is 1. The molecule has 0 aliphatic heterocycles. The van der Waals surface area contributed by atoms with Crippen molar-refractivity contribution in [3.63, 3.8) is 0 Å². The van der Waals surface area contributed by atoms with Crippen LogP contribution in [-0.4, -0.2) is 34.2 Å². The predicted molar refractivity (Wildman–Crippen MR) is 71.2 cm³/mol. The summed E-state index contributed by atoms with van der Waals surface area (Å²) >= 11 is 7.35. The Bertz CT molecular complexity index is 340. The predicted octanol–water partition coefficient (Wildman–Crippen LogP) is 1.84. The van der Waals surface area contributed by atoms with E-state index in [0.717, 1.165) is 0 Å². The highest BCUT2D eigenvalue weighted by Gasteiger charge is 2.19. The second-order valence-electron chi connectivity index (χ2n) is 3.89. The summed E-state index contributed by atoms with van der Waals surface area (Å²) in [4.78, 5) is 4.05. The molecule has 0 amide bonds. The summed E-state index contributed by atoms with van der Waals surface area (Å²) in [5, 5.41) is 13.3. The van der Waals surface area contributed by atoms with Gasteiger partial charge in [0.05, 0.1) is 5.60 Å². The Kier molecular flexibility index (Phi) is 4.70. The average molecular weight is 262 g/mol. The molecule has 1 aromatic rings. The lowest BCUT2D eigenvalue weighted by Crippen LogP contribution is -2.36. The molecule has 4 N–H and O–H groups in total. The zero-order valence-electron chi connectivity index (χ0n) is 9.33. The molecule has 0 bridgehead atoms. The smallest absolute Gasteiger partial charge is 0.133 e. The molecule has 0 aliphatic rings.